The van der Waals surface area contributed by atoms with Crippen LogP contribution in [0.25, 0.3) is 0 Å². The molecule has 5 heteroatoms. The molecule has 1 aromatic heterocycles. The van der Waals surface area contributed by atoms with E-state index in [4.69, 9.17) is 9.72 Å². The Balaban J connectivity index is 1.96. The van der Waals surface area contributed by atoms with Crippen LogP contribution in [0.2, 0.25) is 0 Å². The van der Waals surface area contributed by atoms with Gasteiger partial charge < -0.3 is 10.1 Å². The van der Waals surface area contributed by atoms with Crippen molar-refractivity contribution in [1.82, 2.24) is 9.97 Å². The Kier molecular flexibility index (Phi) is 4.28. The molecule has 0 amide bonds. The molecule has 1 aromatic carbocycles. The molecule has 1 N–H and O–H groups in total. The van der Waals surface area contributed by atoms with Crippen molar-refractivity contribution in [2.45, 2.75) is 25.2 Å². The third-order valence-corrected chi connectivity index (χ3v) is 4.73. The minimum absolute atomic E-state index is 0.614. The normalized spacial score (nSPS) is 14.0. The molecule has 0 unspecified atom stereocenters. The van der Waals surface area contributed by atoms with E-state index in [1.807, 2.05) is 25.2 Å². The zero-order chi connectivity index (χ0) is 14.8. The van der Waals surface area contributed by atoms with Crippen molar-refractivity contribution >= 4 is 28.4 Å². The van der Waals surface area contributed by atoms with Gasteiger partial charge in [-0.25, -0.2) is 9.97 Å². The Morgan fingerprint density at radius 1 is 1.29 bits per heavy atom. The first-order valence-electron chi connectivity index (χ1n) is 7.09. The van der Waals surface area contributed by atoms with Gasteiger partial charge in [-0.1, -0.05) is 18.2 Å². The van der Waals surface area contributed by atoms with E-state index in [-0.39, 0.29) is 0 Å². The van der Waals surface area contributed by atoms with E-state index >= 15 is 0 Å². The van der Waals surface area contributed by atoms with Crippen molar-refractivity contribution in [1.29, 1.82) is 0 Å². The zero-order valence-corrected chi connectivity index (χ0v) is 14.3. The van der Waals surface area contributed by atoms with E-state index < -0.39 is 0 Å². The molecule has 0 atom stereocenters. The quantitative estimate of drug-likeness (QED) is 0.787. The number of hydrogen-bond acceptors (Lipinski definition) is 4. The Labute approximate surface area is 138 Å². The van der Waals surface area contributed by atoms with Crippen molar-refractivity contribution in [2.24, 2.45) is 0 Å². The Hall–Kier alpha value is -1.37. The summed E-state index contributed by atoms with van der Waals surface area (Å²) in [7, 11) is 3.61. The van der Waals surface area contributed by atoms with E-state index in [0.717, 1.165) is 26.5 Å². The van der Waals surface area contributed by atoms with E-state index in [0.29, 0.717) is 12.3 Å². The fourth-order valence-electron chi connectivity index (χ4n) is 2.40. The molecule has 0 bridgehead atoms. The maximum absolute atomic E-state index is 5.42. The summed E-state index contributed by atoms with van der Waals surface area (Å²) in [6.07, 6.45) is 3.17. The summed E-state index contributed by atoms with van der Waals surface area (Å²) in [5.74, 6) is 3.28. The molecule has 4 nitrogen and oxygen atoms in total. The van der Waals surface area contributed by atoms with Crippen molar-refractivity contribution in [3.8, 4) is 5.75 Å². The van der Waals surface area contributed by atoms with Crippen LogP contribution in [0.1, 0.15) is 35.8 Å². The summed E-state index contributed by atoms with van der Waals surface area (Å²) in [5, 5.41) is 3.18. The van der Waals surface area contributed by atoms with Gasteiger partial charge in [0.05, 0.1) is 16.4 Å². The monoisotopic (exact) mass is 395 g/mol. The van der Waals surface area contributed by atoms with Crippen molar-refractivity contribution in [3.05, 3.63) is 44.9 Å². The van der Waals surface area contributed by atoms with Crippen LogP contribution in [0.4, 0.5) is 5.82 Å². The first-order valence-corrected chi connectivity index (χ1v) is 8.16. The highest BCUT2D eigenvalue weighted by Gasteiger charge is 2.29. The molecule has 0 aliphatic heterocycles. The molecule has 0 spiro atoms. The van der Waals surface area contributed by atoms with Gasteiger partial charge in [-0.2, -0.15) is 0 Å². The highest BCUT2D eigenvalue weighted by molar-refractivity contribution is 14.1. The SMILES string of the molecule is CNc1nc(Cc2ccccc2OC)nc(C2CC2)c1I. The van der Waals surface area contributed by atoms with Gasteiger partial charge in [0.15, 0.2) is 0 Å². The third kappa shape index (κ3) is 3.12. The number of halogens is 1. The fourth-order valence-corrected chi connectivity index (χ4v) is 3.36. The molecule has 21 heavy (non-hydrogen) atoms. The van der Waals surface area contributed by atoms with Crippen LogP contribution in [0.15, 0.2) is 24.3 Å². The number of para-hydroxylation sites is 1. The molecule has 3 rings (SSSR count). The number of methoxy groups -OCH3 is 1. The predicted molar refractivity (Wildman–Crippen MR) is 92.1 cm³/mol. The number of ether oxygens (including phenoxy) is 1. The summed E-state index contributed by atoms with van der Waals surface area (Å²) in [4.78, 5) is 9.45. The fraction of sp³-hybridized carbons (Fsp3) is 0.375. The van der Waals surface area contributed by atoms with Gasteiger partial charge in [0.25, 0.3) is 0 Å². The predicted octanol–water partition coefficient (Wildman–Crippen LogP) is 3.60. The Morgan fingerprint density at radius 3 is 2.71 bits per heavy atom. The van der Waals surface area contributed by atoms with Crippen molar-refractivity contribution in [3.63, 3.8) is 0 Å². The number of nitrogens with one attached hydrogen (secondary N) is 1. The second-order valence-corrected chi connectivity index (χ2v) is 6.28. The minimum atomic E-state index is 0.614. The number of benzene rings is 1. The van der Waals surface area contributed by atoms with E-state index in [1.165, 1.54) is 18.5 Å². The van der Waals surface area contributed by atoms with Crippen LogP contribution in [0.5, 0.6) is 5.75 Å². The maximum atomic E-state index is 5.42. The smallest absolute Gasteiger partial charge is 0.143 e. The average Bonchev–Trinajstić information content (AvgIpc) is 3.34. The number of nitrogens with zero attached hydrogens (tertiary/aromatic N) is 2. The van der Waals surface area contributed by atoms with E-state index in [9.17, 15) is 0 Å². The second kappa shape index (κ2) is 6.17. The van der Waals surface area contributed by atoms with Crippen LogP contribution in [0.3, 0.4) is 0 Å². The highest BCUT2D eigenvalue weighted by atomic mass is 127. The first-order chi connectivity index (χ1) is 10.2. The largest absolute Gasteiger partial charge is 0.496 e. The summed E-state index contributed by atoms with van der Waals surface area (Å²) in [6.45, 7) is 0. The van der Waals surface area contributed by atoms with Crippen LogP contribution in [0, 0.1) is 3.57 Å². The van der Waals surface area contributed by atoms with Crippen LogP contribution < -0.4 is 10.1 Å². The first kappa shape index (κ1) is 14.6. The topological polar surface area (TPSA) is 47.0 Å². The molecular formula is C16H18IN3O. The van der Waals surface area contributed by atoms with Gasteiger partial charge in [0.1, 0.15) is 17.4 Å². The lowest BCUT2D eigenvalue weighted by molar-refractivity contribution is 0.410. The van der Waals surface area contributed by atoms with Crippen molar-refractivity contribution < 1.29 is 4.74 Å². The Bertz CT molecular complexity index is 656. The minimum Gasteiger partial charge on any atom is -0.496 e. The summed E-state index contributed by atoms with van der Waals surface area (Å²) in [6, 6.07) is 8.04. The molecule has 0 radical (unpaired) electrons. The Morgan fingerprint density at radius 2 is 2.05 bits per heavy atom. The molecule has 1 aliphatic carbocycles. The highest BCUT2D eigenvalue weighted by Crippen LogP contribution is 2.42. The molecule has 1 heterocycles. The van der Waals surface area contributed by atoms with Crippen molar-refractivity contribution in [2.75, 3.05) is 19.5 Å². The third-order valence-electron chi connectivity index (χ3n) is 3.67. The van der Waals surface area contributed by atoms with Gasteiger partial charge in [0, 0.05) is 24.9 Å². The van der Waals surface area contributed by atoms with Gasteiger partial charge in [0.2, 0.25) is 0 Å². The van der Waals surface area contributed by atoms with E-state index in [2.05, 4.69) is 39.0 Å². The number of anilines is 1. The van der Waals surface area contributed by atoms with Gasteiger partial charge in [-0.05, 0) is 41.5 Å². The summed E-state index contributed by atoms with van der Waals surface area (Å²) >= 11 is 2.35. The van der Waals surface area contributed by atoms with Gasteiger partial charge >= 0.3 is 0 Å². The molecule has 0 saturated heterocycles. The number of rotatable bonds is 5. The maximum Gasteiger partial charge on any atom is 0.143 e. The van der Waals surface area contributed by atoms with Crippen LogP contribution >= 0.6 is 22.6 Å². The molecule has 1 fully saturated rings. The molecular weight excluding hydrogens is 377 g/mol. The average molecular weight is 395 g/mol. The summed E-state index contributed by atoms with van der Waals surface area (Å²) < 4.78 is 6.57. The molecule has 110 valence electrons. The van der Waals surface area contributed by atoms with Crippen LogP contribution in [-0.4, -0.2) is 24.1 Å². The lowest BCUT2D eigenvalue weighted by Crippen LogP contribution is -2.08. The van der Waals surface area contributed by atoms with E-state index in [1.54, 1.807) is 7.11 Å². The van der Waals surface area contributed by atoms with Gasteiger partial charge in [-0.3, -0.25) is 0 Å². The standard InChI is InChI=1S/C16H18IN3O/c1-18-16-14(17)15(10-7-8-10)19-13(20-16)9-11-5-3-4-6-12(11)21-2/h3-6,10H,7-9H2,1-2H3,(H,18,19,20). The lowest BCUT2D eigenvalue weighted by Gasteiger charge is -2.12. The summed E-state index contributed by atoms with van der Waals surface area (Å²) in [5.41, 5.74) is 2.31. The molecule has 1 saturated carbocycles. The van der Waals surface area contributed by atoms with Crippen LogP contribution in [-0.2, 0) is 6.42 Å². The second-order valence-electron chi connectivity index (χ2n) is 5.20. The molecule has 1 aliphatic rings. The lowest BCUT2D eigenvalue weighted by atomic mass is 10.1. The molecule has 2 aromatic rings. The van der Waals surface area contributed by atoms with Gasteiger partial charge in [-0.15, -0.1) is 0 Å². The zero-order valence-electron chi connectivity index (χ0n) is 12.2. The number of hydrogen-bond donors (Lipinski definition) is 1. The number of aromatic nitrogens is 2.